The number of phenolic OH excluding ortho intramolecular Hbond substituents is 1. The normalized spacial score (nSPS) is 18.9. The van der Waals surface area contributed by atoms with Gasteiger partial charge in [-0.15, -0.1) is 0 Å². The summed E-state index contributed by atoms with van der Waals surface area (Å²) in [5, 5.41) is 9.34. The second-order valence-electron chi connectivity index (χ2n) is 4.26. The number of benzene rings is 1. The van der Waals surface area contributed by atoms with Gasteiger partial charge in [-0.2, -0.15) is 0 Å². The van der Waals surface area contributed by atoms with E-state index in [-0.39, 0.29) is 11.3 Å². The van der Waals surface area contributed by atoms with Crippen LogP contribution in [0.25, 0.3) is 0 Å². The van der Waals surface area contributed by atoms with Crippen molar-refractivity contribution < 1.29 is 13.9 Å². The topological polar surface area (TPSA) is 46.2 Å². The SMILES string of the molecule is NC1(CC(F)(F)c2ccccc2O)CC1. The minimum Gasteiger partial charge on any atom is -0.507 e. The Kier molecular flexibility index (Phi) is 2.19. The van der Waals surface area contributed by atoms with E-state index >= 15 is 0 Å². The maximum absolute atomic E-state index is 13.7. The molecule has 0 unspecified atom stereocenters. The Balaban J connectivity index is 2.24. The lowest BCUT2D eigenvalue weighted by Crippen LogP contribution is -2.30. The van der Waals surface area contributed by atoms with Crippen LogP contribution >= 0.6 is 0 Å². The number of halogens is 2. The third-order valence-corrected chi connectivity index (χ3v) is 2.76. The summed E-state index contributed by atoms with van der Waals surface area (Å²) in [7, 11) is 0. The first-order valence-corrected chi connectivity index (χ1v) is 4.88. The largest absolute Gasteiger partial charge is 0.507 e. The average molecular weight is 213 g/mol. The molecule has 0 atom stereocenters. The molecule has 4 heteroatoms. The van der Waals surface area contributed by atoms with Crippen molar-refractivity contribution in [3.05, 3.63) is 29.8 Å². The number of rotatable bonds is 3. The molecule has 1 aromatic rings. The predicted molar refractivity (Wildman–Crippen MR) is 52.8 cm³/mol. The van der Waals surface area contributed by atoms with E-state index in [2.05, 4.69) is 0 Å². The van der Waals surface area contributed by atoms with E-state index in [1.807, 2.05) is 0 Å². The second kappa shape index (κ2) is 3.17. The number of alkyl halides is 2. The Morgan fingerprint density at radius 2 is 1.93 bits per heavy atom. The molecule has 0 saturated heterocycles. The van der Waals surface area contributed by atoms with Crippen LogP contribution in [-0.2, 0) is 5.92 Å². The standard InChI is InChI=1S/C11H13F2NO/c12-11(13,7-10(14)5-6-10)8-3-1-2-4-9(8)15/h1-4,15H,5-7,14H2. The fraction of sp³-hybridized carbons (Fsp3) is 0.455. The fourth-order valence-corrected chi connectivity index (χ4v) is 1.66. The zero-order chi connectivity index (χ0) is 11.1. The van der Waals surface area contributed by atoms with E-state index in [0.717, 1.165) is 0 Å². The van der Waals surface area contributed by atoms with Gasteiger partial charge in [0.1, 0.15) is 5.75 Å². The Morgan fingerprint density at radius 1 is 1.33 bits per heavy atom. The van der Waals surface area contributed by atoms with Gasteiger partial charge in [0, 0.05) is 12.0 Å². The highest BCUT2D eigenvalue weighted by atomic mass is 19.3. The van der Waals surface area contributed by atoms with Gasteiger partial charge < -0.3 is 10.8 Å². The number of aromatic hydroxyl groups is 1. The number of hydrogen-bond donors (Lipinski definition) is 2. The highest BCUT2D eigenvalue weighted by molar-refractivity contribution is 5.36. The van der Waals surface area contributed by atoms with Crippen LogP contribution < -0.4 is 5.73 Å². The quantitative estimate of drug-likeness (QED) is 0.809. The minimum absolute atomic E-state index is 0.332. The summed E-state index contributed by atoms with van der Waals surface area (Å²) in [6.45, 7) is 0. The molecule has 0 heterocycles. The van der Waals surface area contributed by atoms with Crippen LogP contribution in [0.2, 0.25) is 0 Å². The van der Waals surface area contributed by atoms with E-state index in [0.29, 0.717) is 12.8 Å². The van der Waals surface area contributed by atoms with E-state index in [1.54, 1.807) is 0 Å². The van der Waals surface area contributed by atoms with Crippen molar-refractivity contribution in [2.45, 2.75) is 30.7 Å². The van der Waals surface area contributed by atoms with E-state index in [4.69, 9.17) is 5.73 Å². The molecule has 1 fully saturated rings. The van der Waals surface area contributed by atoms with Crippen molar-refractivity contribution in [3.63, 3.8) is 0 Å². The summed E-state index contributed by atoms with van der Waals surface area (Å²) < 4.78 is 27.4. The molecule has 0 amide bonds. The molecule has 15 heavy (non-hydrogen) atoms. The molecule has 3 N–H and O–H groups in total. The molecule has 2 nitrogen and oxygen atoms in total. The first-order chi connectivity index (χ1) is 6.93. The molecular formula is C11H13F2NO. The lowest BCUT2D eigenvalue weighted by molar-refractivity contribution is -0.0242. The average Bonchev–Trinajstić information content (AvgIpc) is 2.82. The molecule has 0 spiro atoms. The van der Waals surface area contributed by atoms with Gasteiger partial charge >= 0.3 is 0 Å². The van der Waals surface area contributed by atoms with E-state index < -0.39 is 17.9 Å². The highest BCUT2D eigenvalue weighted by Crippen LogP contribution is 2.47. The van der Waals surface area contributed by atoms with Crippen LogP contribution in [0.3, 0.4) is 0 Å². The van der Waals surface area contributed by atoms with Gasteiger partial charge in [-0.3, -0.25) is 0 Å². The van der Waals surface area contributed by atoms with Crippen LogP contribution in [-0.4, -0.2) is 10.6 Å². The van der Waals surface area contributed by atoms with Gasteiger partial charge in [0.25, 0.3) is 5.92 Å². The van der Waals surface area contributed by atoms with Crippen LogP contribution in [0.4, 0.5) is 8.78 Å². The monoisotopic (exact) mass is 213 g/mol. The fourth-order valence-electron chi connectivity index (χ4n) is 1.66. The summed E-state index contributed by atoms with van der Waals surface area (Å²) in [6.07, 6.45) is 0.879. The maximum Gasteiger partial charge on any atom is 0.278 e. The zero-order valence-electron chi connectivity index (χ0n) is 8.21. The first kappa shape index (κ1) is 10.4. The Labute approximate surface area is 86.7 Å². The van der Waals surface area contributed by atoms with Crippen LogP contribution in [0.15, 0.2) is 24.3 Å². The Bertz CT molecular complexity index is 375. The van der Waals surface area contributed by atoms with Gasteiger partial charge in [-0.05, 0) is 25.0 Å². The molecular weight excluding hydrogens is 200 g/mol. The molecule has 0 bridgehead atoms. The van der Waals surface area contributed by atoms with Crippen molar-refractivity contribution in [3.8, 4) is 5.75 Å². The van der Waals surface area contributed by atoms with Crippen LogP contribution in [0.1, 0.15) is 24.8 Å². The Morgan fingerprint density at radius 3 is 2.47 bits per heavy atom. The second-order valence-corrected chi connectivity index (χ2v) is 4.26. The predicted octanol–water partition coefficient (Wildman–Crippen LogP) is 2.37. The molecule has 2 rings (SSSR count). The lowest BCUT2D eigenvalue weighted by Gasteiger charge is -2.21. The smallest absolute Gasteiger partial charge is 0.278 e. The number of phenols is 1. The summed E-state index contributed by atoms with van der Waals surface area (Å²) in [5.74, 6) is -3.41. The third-order valence-electron chi connectivity index (χ3n) is 2.76. The lowest BCUT2D eigenvalue weighted by atomic mass is 9.99. The summed E-state index contributed by atoms with van der Waals surface area (Å²) in [4.78, 5) is 0. The third kappa shape index (κ3) is 2.09. The van der Waals surface area contributed by atoms with Gasteiger partial charge in [-0.25, -0.2) is 8.78 Å². The van der Waals surface area contributed by atoms with Crippen LogP contribution in [0, 0.1) is 0 Å². The summed E-state index contributed by atoms with van der Waals surface area (Å²) in [6, 6.07) is 5.50. The number of para-hydroxylation sites is 1. The number of nitrogens with two attached hydrogens (primary N) is 1. The van der Waals surface area contributed by atoms with E-state index in [1.165, 1.54) is 24.3 Å². The molecule has 0 radical (unpaired) electrons. The van der Waals surface area contributed by atoms with Crippen molar-refractivity contribution in [2.24, 2.45) is 5.73 Å². The van der Waals surface area contributed by atoms with Gasteiger partial charge in [-0.1, -0.05) is 12.1 Å². The molecule has 1 aliphatic rings. The van der Waals surface area contributed by atoms with Gasteiger partial charge in [0.15, 0.2) is 0 Å². The number of hydrogen-bond acceptors (Lipinski definition) is 2. The van der Waals surface area contributed by atoms with Crippen molar-refractivity contribution in [2.75, 3.05) is 0 Å². The van der Waals surface area contributed by atoms with Crippen molar-refractivity contribution >= 4 is 0 Å². The van der Waals surface area contributed by atoms with E-state index in [9.17, 15) is 13.9 Å². The molecule has 1 aliphatic carbocycles. The van der Waals surface area contributed by atoms with Crippen molar-refractivity contribution in [1.29, 1.82) is 0 Å². The highest BCUT2D eigenvalue weighted by Gasteiger charge is 2.48. The molecule has 1 saturated carbocycles. The molecule has 0 aliphatic heterocycles. The molecule has 1 aromatic carbocycles. The zero-order valence-corrected chi connectivity index (χ0v) is 8.21. The first-order valence-electron chi connectivity index (χ1n) is 4.88. The maximum atomic E-state index is 13.7. The Hall–Kier alpha value is -1.16. The molecule has 82 valence electrons. The summed E-state index contributed by atoms with van der Waals surface area (Å²) >= 11 is 0. The van der Waals surface area contributed by atoms with Gasteiger partial charge in [0.2, 0.25) is 0 Å². The summed E-state index contributed by atoms with van der Waals surface area (Å²) in [5.41, 5.74) is 4.60. The van der Waals surface area contributed by atoms with Crippen molar-refractivity contribution in [1.82, 2.24) is 0 Å². The van der Waals surface area contributed by atoms with Crippen LogP contribution in [0.5, 0.6) is 5.75 Å². The minimum atomic E-state index is -3.05. The van der Waals surface area contributed by atoms with Gasteiger partial charge in [0.05, 0.1) is 5.56 Å². The molecule has 0 aromatic heterocycles.